The van der Waals surface area contributed by atoms with Gasteiger partial charge in [-0.3, -0.25) is 4.90 Å². The third kappa shape index (κ3) is 1.97. The summed E-state index contributed by atoms with van der Waals surface area (Å²) in [4.78, 5) is 2.18. The number of nitrogens with zero attached hydrogens (tertiary/aromatic N) is 2. The maximum atomic E-state index is 10.1. The summed E-state index contributed by atoms with van der Waals surface area (Å²) in [6.45, 7) is 5.17. The molecule has 0 amide bonds. The minimum atomic E-state index is -0.673. The van der Waals surface area contributed by atoms with Crippen LogP contribution in [-0.2, 0) is 12.0 Å². The molecule has 106 valence electrons. The zero-order valence-corrected chi connectivity index (χ0v) is 12.9. The molecule has 0 fully saturated rings. The Morgan fingerprint density at radius 2 is 1.76 bits per heavy atom. The average molecular weight is 276 g/mol. The lowest BCUT2D eigenvalue weighted by molar-refractivity contribution is 0.200. The van der Waals surface area contributed by atoms with Crippen molar-refractivity contribution in [1.29, 1.82) is 5.26 Å². The van der Waals surface area contributed by atoms with Crippen molar-refractivity contribution in [2.45, 2.75) is 25.8 Å². The van der Waals surface area contributed by atoms with Crippen molar-refractivity contribution in [3.05, 3.63) is 70.3 Å². The van der Waals surface area contributed by atoms with Crippen LogP contribution in [0.25, 0.3) is 0 Å². The molecular weight excluding hydrogens is 256 g/mol. The zero-order valence-electron chi connectivity index (χ0n) is 12.9. The largest absolute Gasteiger partial charge is 0.281 e. The van der Waals surface area contributed by atoms with Crippen LogP contribution in [0.15, 0.2) is 42.5 Å². The molecule has 0 saturated heterocycles. The Morgan fingerprint density at radius 1 is 1.10 bits per heavy atom. The number of aryl methyl sites for hydroxylation is 2. The molecule has 0 radical (unpaired) electrons. The first-order valence-electron chi connectivity index (χ1n) is 7.38. The number of hydrogen-bond acceptors (Lipinski definition) is 2. The second-order valence-electron chi connectivity index (χ2n) is 5.95. The van der Waals surface area contributed by atoms with Gasteiger partial charge in [-0.1, -0.05) is 42.5 Å². The Bertz CT molecular complexity index is 712. The number of rotatable bonds is 1. The predicted octanol–water partition coefficient (Wildman–Crippen LogP) is 3.56. The molecule has 0 bridgehead atoms. The Balaban J connectivity index is 2.32. The molecule has 0 saturated carbocycles. The van der Waals surface area contributed by atoms with Crippen LogP contribution in [-0.4, -0.2) is 18.5 Å². The molecule has 21 heavy (non-hydrogen) atoms. The summed E-state index contributed by atoms with van der Waals surface area (Å²) in [5, 5.41) is 10.1. The Labute approximate surface area is 126 Å². The maximum Gasteiger partial charge on any atom is 0.160 e. The third-order valence-electron chi connectivity index (χ3n) is 4.75. The van der Waals surface area contributed by atoms with Gasteiger partial charge in [-0.25, -0.2) is 0 Å². The second kappa shape index (κ2) is 5.02. The monoisotopic (exact) mass is 276 g/mol. The number of nitriles is 1. The van der Waals surface area contributed by atoms with E-state index in [1.165, 1.54) is 16.7 Å². The fraction of sp³-hybridized carbons (Fsp3) is 0.316. The third-order valence-corrected chi connectivity index (χ3v) is 4.75. The highest BCUT2D eigenvalue weighted by Crippen LogP contribution is 2.40. The van der Waals surface area contributed by atoms with E-state index in [0.29, 0.717) is 0 Å². The quantitative estimate of drug-likeness (QED) is 0.796. The first kappa shape index (κ1) is 13.9. The van der Waals surface area contributed by atoms with Crippen molar-refractivity contribution >= 4 is 0 Å². The molecule has 2 nitrogen and oxygen atoms in total. The van der Waals surface area contributed by atoms with Gasteiger partial charge in [0.1, 0.15) is 0 Å². The van der Waals surface area contributed by atoms with Gasteiger partial charge < -0.3 is 0 Å². The van der Waals surface area contributed by atoms with Crippen molar-refractivity contribution in [2.75, 3.05) is 13.6 Å². The molecule has 3 rings (SSSR count). The van der Waals surface area contributed by atoms with E-state index in [1.54, 1.807) is 0 Å². The first-order chi connectivity index (χ1) is 10.1. The van der Waals surface area contributed by atoms with Gasteiger partial charge in [-0.05, 0) is 55.1 Å². The van der Waals surface area contributed by atoms with Gasteiger partial charge in [0.05, 0.1) is 6.07 Å². The van der Waals surface area contributed by atoms with E-state index in [1.807, 2.05) is 25.2 Å². The van der Waals surface area contributed by atoms with Crippen LogP contribution in [0.4, 0.5) is 0 Å². The van der Waals surface area contributed by atoms with Gasteiger partial charge in [0.2, 0.25) is 0 Å². The van der Waals surface area contributed by atoms with Gasteiger partial charge in [0.25, 0.3) is 0 Å². The van der Waals surface area contributed by atoms with Crippen LogP contribution < -0.4 is 0 Å². The highest BCUT2D eigenvalue weighted by atomic mass is 15.2. The molecule has 1 aliphatic rings. The Kier molecular flexibility index (Phi) is 3.31. The fourth-order valence-corrected chi connectivity index (χ4v) is 3.35. The molecule has 1 aliphatic heterocycles. The minimum Gasteiger partial charge on any atom is -0.281 e. The molecule has 2 aromatic carbocycles. The molecule has 0 aliphatic carbocycles. The summed E-state index contributed by atoms with van der Waals surface area (Å²) in [6.07, 6.45) is 1.00. The Hall–Kier alpha value is -2.11. The smallest absolute Gasteiger partial charge is 0.160 e. The van der Waals surface area contributed by atoms with Crippen LogP contribution in [0.3, 0.4) is 0 Å². The number of benzene rings is 2. The molecule has 0 spiro atoms. The summed E-state index contributed by atoms with van der Waals surface area (Å²) >= 11 is 0. The summed E-state index contributed by atoms with van der Waals surface area (Å²) in [5.74, 6) is 0. The van der Waals surface area contributed by atoms with Crippen molar-refractivity contribution < 1.29 is 0 Å². The van der Waals surface area contributed by atoms with Gasteiger partial charge >= 0.3 is 0 Å². The van der Waals surface area contributed by atoms with Crippen LogP contribution in [0.5, 0.6) is 0 Å². The topological polar surface area (TPSA) is 27.0 Å². The van der Waals surface area contributed by atoms with Crippen LogP contribution in [0.2, 0.25) is 0 Å². The van der Waals surface area contributed by atoms with E-state index in [4.69, 9.17) is 0 Å². The normalized spacial score (nSPS) is 21.6. The van der Waals surface area contributed by atoms with E-state index < -0.39 is 5.54 Å². The summed E-state index contributed by atoms with van der Waals surface area (Å²) in [5.41, 5.74) is 5.39. The average Bonchev–Trinajstić information content (AvgIpc) is 2.50. The lowest BCUT2D eigenvalue weighted by Gasteiger charge is -2.42. The van der Waals surface area contributed by atoms with E-state index in [9.17, 15) is 5.26 Å². The molecule has 2 aromatic rings. The standard InChI is InChI=1S/C19H20N2/c1-14-11-16-9-10-21(3)19(13-20,18(16)12-15(14)2)17-7-5-4-6-8-17/h4-8,11-12H,9-10H2,1-3H3. The van der Waals surface area contributed by atoms with E-state index in [-0.39, 0.29) is 0 Å². The predicted molar refractivity (Wildman–Crippen MR) is 85.1 cm³/mol. The van der Waals surface area contributed by atoms with Gasteiger partial charge in [0, 0.05) is 6.54 Å². The van der Waals surface area contributed by atoms with Crippen molar-refractivity contribution in [1.82, 2.24) is 4.90 Å². The first-order valence-corrected chi connectivity index (χ1v) is 7.38. The van der Waals surface area contributed by atoms with Crippen LogP contribution >= 0.6 is 0 Å². The minimum absolute atomic E-state index is 0.673. The van der Waals surface area contributed by atoms with Crippen molar-refractivity contribution in [2.24, 2.45) is 0 Å². The Morgan fingerprint density at radius 3 is 2.43 bits per heavy atom. The molecule has 1 atom stereocenters. The second-order valence-corrected chi connectivity index (χ2v) is 5.95. The molecule has 0 aromatic heterocycles. The molecule has 2 heteroatoms. The highest BCUT2D eigenvalue weighted by Gasteiger charge is 2.43. The van der Waals surface area contributed by atoms with Gasteiger partial charge in [-0.15, -0.1) is 0 Å². The van der Waals surface area contributed by atoms with E-state index in [2.05, 4.69) is 49.1 Å². The van der Waals surface area contributed by atoms with E-state index >= 15 is 0 Å². The van der Waals surface area contributed by atoms with Crippen LogP contribution in [0, 0.1) is 25.2 Å². The summed E-state index contributed by atoms with van der Waals surface area (Å²) in [6, 6.07) is 17.2. The lowest BCUT2D eigenvalue weighted by Crippen LogP contribution is -2.48. The SMILES string of the molecule is Cc1cc2c(cc1C)C(C#N)(c1ccccc1)N(C)CC2. The van der Waals surface area contributed by atoms with Crippen molar-refractivity contribution in [3.63, 3.8) is 0 Å². The van der Waals surface area contributed by atoms with Gasteiger partial charge in [-0.2, -0.15) is 5.26 Å². The molecule has 1 unspecified atom stereocenters. The van der Waals surface area contributed by atoms with Crippen molar-refractivity contribution in [3.8, 4) is 6.07 Å². The fourth-order valence-electron chi connectivity index (χ4n) is 3.35. The summed E-state index contributed by atoms with van der Waals surface area (Å²) in [7, 11) is 2.05. The lowest BCUT2D eigenvalue weighted by atomic mass is 9.76. The molecule has 1 heterocycles. The highest BCUT2D eigenvalue weighted by molar-refractivity contribution is 5.53. The molecule has 0 N–H and O–H groups in total. The van der Waals surface area contributed by atoms with Gasteiger partial charge in [0.15, 0.2) is 5.54 Å². The van der Waals surface area contributed by atoms with Crippen LogP contribution in [0.1, 0.15) is 27.8 Å². The number of likely N-dealkylation sites (N-methyl/N-ethyl adjacent to an activating group) is 1. The summed E-state index contributed by atoms with van der Waals surface area (Å²) < 4.78 is 0. The maximum absolute atomic E-state index is 10.1. The zero-order chi connectivity index (χ0) is 15.0. The number of hydrogen-bond donors (Lipinski definition) is 0. The number of fused-ring (bicyclic) bond motifs is 1. The van der Waals surface area contributed by atoms with E-state index in [0.717, 1.165) is 24.1 Å². The molecular formula is C19H20N2.